The van der Waals surface area contributed by atoms with Crippen LogP contribution in [0.1, 0.15) is 49.9 Å². The Hall–Kier alpha value is -0.0900. The first-order valence-corrected chi connectivity index (χ1v) is 8.04. The normalized spacial score (nSPS) is 19.6. The fourth-order valence-corrected chi connectivity index (χ4v) is 3.84. The Kier molecular flexibility index (Phi) is 4.93. The predicted molar refractivity (Wildman–Crippen MR) is 80.7 cm³/mol. The Balaban J connectivity index is 1.83. The molecule has 0 aromatic carbocycles. The van der Waals surface area contributed by atoms with Gasteiger partial charge in [0.15, 0.2) is 5.78 Å². The fourth-order valence-electron chi connectivity index (χ4n) is 2.34. The van der Waals surface area contributed by atoms with Crippen LogP contribution < -0.4 is 0 Å². The smallest absolute Gasteiger partial charge is 0.190 e. The minimum absolute atomic E-state index is 0.0852. The Morgan fingerprint density at radius 3 is 2.58 bits per heavy atom. The number of carbonyl (C=O) groups excluding carboxylic acids is 1. The summed E-state index contributed by atoms with van der Waals surface area (Å²) in [5.74, 6) is -0.0852. The van der Waals surface area contributed by atoms with Gasteiger partial charge in [-0.3, -0.25) is 4.79 Å². The number of ketones is 1. The number of ether oxygens (including phenoxy) is 1. The SMILES string of the molecule is CC1(C)CCC(OCC(=O)c2cc(Cl)sc2Cl)CC1. The fraction of sp³-hybridized carbons (Fsp3) is 0.643. The zero-order chi connectivity index (χ0) is 14.0. The molecule has 0 saturated heterocycles. The maximum atomic E-state index is 12.0. The largest absolute Gasteiger partial charge is 0.370 e. The monoisotopic (exact) mass is 320 g/mol. The highest BCUT2D eigenvalue weighted by Gasteiger charge is 2.27. The van der Waals surface area contributed by atoms with Crippen molar-refractivity contribution in [2.75, 3.05) is 6.61 Å². The summed E-state index contributed by atoms with van der Waals surface area (Å²) in [6.07, 6.45) is 4.55. The van der Waals surface area contributed by atoms with Gasteiger partial charge in [-0.2, -0.15) is 0 Å². The molecule has 0 aliphatic heterocycles. The van der Waals surface area contributed by atoms with Crippen LogP contribution in [0, 0.1) is 5.41 Å². The summed E-state index contributed by atoms with van der Waals surface area (Å²) < 4.78 is 6.69. The molecule has 0 atom stereocenters. The van der Waals surface area contributed by atoms with E-state index in [-0.39, 0.29) is 18.5 Å². The van der Waals surface area contributed by atoms with Crippen LogP contribution in [0.2, 0.25) is 8.67 Å². The molecule has 1 saturated carbocycles. The first-order chi connectivity index (χ1) is 8.87. The van der Waals surface area contributed by atoms with E-state index >= 15 is 0 Å². The van der Waals surface area contributed by atoms with Gasteiger partial charge in [-0.05, 0) is 37.2 Å². The summed E-state index contributed by atoms with van der Waals surface area (Å²) in [5, 5.41) is 0. The molecule has 1 heterocycles. The second-order valence-electron chi connectivity index (χ2n) is 5.84. The van der Waals surface area contributed by atoms with Crippen molar-refractivity contribution in [2.45, 2.75) is 45.6 Å². The Bertz CT molecular complexity index is 458. The molecule has 5 heteroatoms. The van der Waals surface area contributed by atoms with Gasteiger partial charge < -0.3 is 4.74 Å². The molecule has 0 radical (unpaired) electrons. The Labute approximate surface area is 128 Å². The Morgan fingerprint density at radius 1 is 1.42 bits per heavy atom. The van der Waals surface area contributed by atoms with Crippen LogP contribution in [-0.2, 0) is 4.74 Å². The van der Waals surface area contributed by atoms with E-state index in [2.05, 4.69) is 13.8 Å². The van der Waals surface area contributed by atoms with Crippen molar-refractivity contribution in [1.29, 1.82) is 0 Å². The molecular weight excluding hydrogens is 303 g/mol. The van der Waals surface area contributed by atoms with Crippen molar-refractivity contribution in [3.8, 4) is 0 Å². The summed E-state index contributed by atoms with van der Waals surface area (Å²) in [6, 6.07) is 1.62. The molecule has 0 N–H and O–H groups in total. The van der Waals surface area contributed by atoms with Gasteiger partial charge in [0.2, 0.25) is 0 Å². The number of carbonyl (C=O) groups is 1. The highest BCUT2D eigenvalue weighted by molar-refractivity contribution is 7.20. The summed E-state index contributed by atoms with van der Waals surface area (Å²) >= 11 is 13.0. The van der Waals surface area contributed by atoms with Crippen LogP contribution in [0.15, 0.2) is 6.07 Å². The maximum absolute atomic E-state index is 12.0. The van der Waals surface area contributed by atoms with Crippen molar-refractivity contribution in [3.05, 3.63) is 20.3 Å². The highest BCUT2D eigenvalue weighted by atomic mass is 35.5. The van der Waals surface area contributed by atoms with Gasteiger partial charge in [-0.15, -0.1) is 11.3 Å². The molecule has 2 nitrogen and oxygen atoms in total. The summed E-state index contributed by atoms with van der Waals surface area (Å²) in [7, 11) is 0. The third-order valence-electron chi connectivity index (χ3n) is 3.69. The second-order valence-corrected chi connectivity index (χ2v) is 8.12. The second kappa shape index (κ2) is 6.13. The maximum Gasteiger partial charge on any atom is 0.190 e. The molecule has 19 heavy (non-hydrogen) atoms. The van der Waals surface area contributed by atoms with E-state index in [0.717, 1.165) is 25.7 Å². The van der Waals surface area contributed by atoms with Crippen molar-refractivity contribution in [2.24, 2.45) is 5.41 Å². The van der Waals surface area contributed by atoms with Crippen LogP contribution in [0.3, 0.4) is 0 Å². The van der Waals surface area contributed by atoms with Crippen LogP contribution in [0.5, 0.6) is 0 Å². The van der Waals surface area contributed by atoms with Crippen molar-refractivity contribution < 1.29 is 9.53 Å². The number of rotatable bonds is 4. The van der Waals surface area contributed by atoms with E-state index in [0.29, 0.717) is 19.7 Å². The number of hydrogen-bond acceptors (Lipinski definition) is 3. The quantitative estimate of drug-likeness (QED) is 0.710. The van der Waals surface area contributed by atoms with E-state index in [1.807, 2.05) is 0 Å². The van der Waals surface area contributed by atoms with Crippen LogP contribution in [-0.4, -0.2) is 18.5 Å². The molecule has 0 spiro atoms. The molecule has 1 aromatic rings. The number of Topliss-reactive ketones (excluding diaryl/α,β-unsaturated/α-hetero) is 1. The van der Waals surface area contributed by atoms with E-state index in [4.69, 9.17) is 27.9 Å². The van der Waals surface area contributed by atoms with Crippen LogP contribution in [0.4, 0.5) is 0 Å². The van der Waals surface area contributed by atoms with E-state index in [9.17, 15) is 4.79 Å². The summed E-state index contributed by atoms with van der Waals surface area (Å²) in [5.41, 5.74) is 0.890. The first kappa shape index (κ1) is 15.3. The number of thiophene rings is 1. The third kappa shape index (κ3) is 4.19. The van der Waals surface area contributed by atoms with E-state index < -0.39 is 0 Å². The molecule has 0 bridgehead atoms. The lowest BCUT2D eigenvalue weighted by Crippen LogP contribution is -2.28. The topological polar surface area (TPSA) is 26.3 Å². The lowest BCUT2D eigenvalue weighted by molar-refractivity contribution is 0.00864. The van der Waals surface area contributed by atoms with Gasteiger partial charge in [0, 0.05) is 0 Å². The zero-order valence-corrected chi connectivity index (χ0v) is 13.5. The minimum Gasteiger partial charge on any atom is -0.370 e. The van der Waals surface area contributed by atoms with Gasteiger partial charge in [-0.1, -0.05) is 37.0 Å². The van der Waals surface area contributed by atoms with Crippen LogP contribution in [0.25, 0.3) is 0 Å². The molecule has 2 rings (SSSR count). The van der Waals surface area contributed by atoms with Gasteiger partial charge >= 0.3 is 0 Å². The van der Waals surface area contributed by atoms with Crippen molar-refractivity contribution >= 4 is 40.3 Å². The average Bonchev–Trinajstić information content (AvgIpc) is 2.67. The average molecular weight is 321 g/mol. The third-order valence-corrected chi connectivity index (χ3v) is 5.18. The van der Waals surface area contributed by atoms with Gasteiger partial charge in [0.05, 0.1) is 16.0 Å². The van der Waals surface area contributed by atoms with Gasteiger partial charge in [-0.25, -0.2) is 0 Å². The first-order valence-electron chi connectivity index (χ1n) is 6.47. The highest BCUT2D eigenvalue weighted by Crippen LogP contribution is 2.36. The minimum atomic E-state index is -0.0852. The number of hydrogen-bond donors (Lipinski definition) is 0. The van der Waals surface area contributed by atoms with Gasteiger partial charge in [0.1, 0.15) is 10.9 Å². The van der Waals surface area contributed by atoms with Crippen LogP contribution >= 0.6 is 34.5 Å². The lowest BCUT2D eigenvalue weighted by Gasteiger charge is -2.34. The molecule has 0 unspecified atom stereocenters. The van der Waals surface area contributed by atoms with E-state index in [1.54, 1.807) is 6.07 Å². The van der Waals surface area contributed by atoms with E-state index in [1.165, 1.54) is 11.3 Å². The molecule has 1 aromatic heterocycles. The van der Waals surface area contributed by atoms with Crippen molar-refractivity contribution in [3.63, 3.8) is 0 Å². The number of halogens is 2. The standard InChI is InChI=1S/C14H18Cl2O2S/c1-14(2)5-3-9(4-6-14)18-8-11(17)10-7-12(15)19-13(10)16/h7,9H,3-6,8H2,1-2H3. The molecule has 1 fully saturated rings. The molecule has 0 amide bonds. The van der Waals surface area contributed by atoms with Crippen molar-refractivity contribution in [1.82, 2.24) is 0 Å². The molecule has 1 aliphatic carbocycles. The molecule has 106 valence electrons. The molecular formula is C14H18Cl2O2S. The molecule has 1 aliphatic rings. The van der Waals surface area contributed by atoms with Gasteiger partial charge in [0.25, 0.3) is 0 Å². The predicted octanol–water partition coefficient (Wildman–Crippen LogP) is 5.22. The summed E-state index contributed by atoms with van der Waals surface area (Å²) in [6.45, 7) is 4.65. The lowest BCUT2D eigenvalue weighted by atomic mass is 9.76. The summed E-state index contributed by atoms with van der Waals surface area (Å²) in [4.78, 5) is 12.0. The Morgan fingerprint density at radius 2 is 2.05 bits per heavy atom. The zero-order valence-electron chi connectivity index (χ0n) is 11.2.